The van der Waals surface area contributed by atoms with Crippen LogP contribution in [0.15, 0.2) is 18.2 Å². The normalized spacial score (nSPS) is 20.7. The molecule has 0 spiro atoms. The molecule has 0 saturated carbocycles. The van der Waals surface area contributed by atoms with Gasteiger partial charge in [0.05, 0.1) is 6.61 Å². The van der Waals surface area contributed by atoms with Crippen LogP contribution in [0.4, 0.5) is 0 Å². The van der Waals surface area contributed by atoms with Gasteiger partial charge in [-0.15, -0.1) is 0 Å². The van der Waals surface area contributed by atoms with Gasteiger partial charge in [0, 0.05) is 5.56 Å². The van der Waals surface area contributed by atoms with E-state index in [1.54, 1.807) is 0 Å². The van der Waals surface area contributed by atoms with E-state index >= 15 is 0 Å². The van der Waals surface area contributed by atoms with Gasteiger partial charge in [0.25, 0.3) is 0 Å². The van der Waals surface area contributed by atoms with Gasteiger partial charge in [0.2, 0.25) is 0 Å². The van der Waals surface area contributed by atoms with Crippen molar-refractivity contribution >= 4 is 0 Å². The van der Waals surface area contributed by atoms with Gasteiger partial charge in [0.15, 0.2) is 6.79 Å². The largest absolute Gasteiger partial charge is 0.467 e. The minimum atomic E-state index is 0.393. The fourth-order valence-corrected chi connectivity index (χ4v) is 2.66. The molecule has 1 aromatic carbocycles. The van der Waals surface area contributed by atoms with E-state index in [0.29, 0.717) is 13.4 Å². The number of ether oxygens (including phenoxy) is 2. The van der Waals surface area contributed by atoms with Crippen LogP contribution in [0.5, 0.6) is 5.75 Å². The zero-order valence-electron chi connectivity index (χ0n) is 10.1. The van der Waals surface area contributed by atoms with E-state index in [2.05, 4.69) is 23.5 Å². The van der Waals surface area contributed by atoms with E-state index in [0.717, 1.165) is 11.7 Å². The lowest BCUT2D eigenvalue weighted by molar-refractivity contribution is -0.0164. The molecule has 2 aliphatic rings. The van der Waals surface area contributed by atoms with Gasteiger partial charge in [-0.25, -0.2) is 0 Å². The number of hydrogen-bond donors (Lipinski definition) is 1. The molecule has 0 atom stereocenters. The Labute approximate surface area is 102 Å². The van der Waals surface area contributed by atoms with Crippen LogP contribution in [-0.2, 0) is 17.8 Å². The summed E-state index contributed by atoms with van der Waals surface area (Å²) in [4.78, 5) is 0. The molecular weight excluding hydrogens is 214 g/mol. The van der Waals surface area contributed by atoms with E-state index in [9.17, 15) is 0 Å². The first-order valence-corrected chi connectivity index (χ1v) is 6.45. The van der Waals surface area contributed by atoms with E-state index in [-0.39, 0.29) is 0 Å². The fourth-order valence-electron chi connectivity index (χ4n) is 2.66. The van der Waals surface area contributed by atoms with Crippen molar-refractivity contribution in [1.82, 2.24) is 5.32 Å². The minimum Gasteiger partial charge on any atom is -0.467 e. The van der Waals surface area contributed by atoms with Crippen molar-refractivity contribution in [3.8, 4) is 5.75 Å². The summed E-state index contributed by atoms with van der Waals surface area (Å²) >= 11 is 0. The summed E-state index contributed by atoms with van der Waals surface area (Å²) in [6.07, 6.45) is 3.77. The van der Waals surface area contributed by atoms with Gasteiger partial charge in [-0.3, -0.25) is 0 Å². The van der Waals surface area contributed by atoms with Gasteiger partial charge in [0.1, 0.15) is 5.75 Å². The zero-order chi connectivity index (χ0) is 11.5. The van der Waals surface area contributed by atoms with E-state index in [1.165, 1.54) is 43.5 Å². The molecule has 0 amide bonds. The first kappa shape index (κ1) is 11.1. The van der Waals surface area contributed by atoms with Crippen molar-refractivity contribution in [2.24, 2.45) is 5.92 Å². The van der Waals surface area contributed by atoms with Gasteiger partial charge in [-0.1, -0.05) is 12.1 Å². The quantitative estimate of drug-likeness (QED) is 0.848. The molecule has 1 fully saturated rings. The summed E-state index contributed by atoms with van der Waals surface area (Å²) in [5.74, 6) is 1.84. The molecule has 1 N–H and O–H groups in total. The molecule has 2 aliphatic heterocycles. The van der Waals surface area contributed by atoms with E-state index < -0.39 is 0 Å². The Morgan fingerprint density at radius 2 is 2.12 bits per heavy atom. The molecular formula is C14H19NO2. The highest BCUT2D eigenvalue weighted by molar-refractivity contribution is 5.38. The van der Waals surface area contributed by atoms with E-state index in [4.69, 9.17) is 9.47 Å². The smallest absolute Gasteiger partial charge is 0.189 e. The van der Waals surface area contributed by atoms with Crippen molar-refractivity contribution in [2.75, 3.05) is 19.9 Å². The second kappa shape index (κ2) is 5.07. The van der Waals surface area contributed by atoms with E-state index in [1.807, 2.05) is 0 Å². The topological polar surface area (TPSA) is 30.5 Å². The summed E-state index contributed by atoms with van der Waals surface area (Å²) in [5, 5.41) is 3.41. The van der Waals surface area contributed by atoms with Crippen LogP contribution in [0.2, 0.25) is 0 Å². The third-order valence-corrected chi connectivity index (χ3v) is 3.67. The van der Waals surface area contributed by atoms with Crippen LogP contribution in [0.25, 0.3) is 0 Å². The molecule has 3 heteroatoms. The number of nitrogens with one attached hydrogen (secondary N) is 1. The summed E-state index contributed by atoms with van der Waals surface area (Å²) in [7, 11) is 0. The number of piperidine rings is 1. The summed E-state index contributed by atoms with van der Waals surface area (Å²) in [6.45, 7) is 3.41. The van der Waals surface area contributed by atoms with Crippen LogP contribution < -0.4 is 10.1 Å². The van der Waals surface area contributed by atoms with Crippen molar-refractivity contribution in [3.05, 3.63) is 29.3 Å². The highest BCUT2D eigenvalue weighted by Crippen LogP contribution is 2.27. The Hall–Kier alpha value is -1.06. The highest BCUT2D eigenvalue weighted by atomic mass is 16.7. The molecule has 1 saturated heterocycles. The van der Waals surface area contributed by atoms with Gasteiger partial charge < -0.3 is 14.8 Å². The summed E-state index contributed by atoms with van der Waals surface area (Å²) < 4.78 is 10.8. The Kier molecular flexibility index (Phi) is 3.29. The molecule has 0 aliphatic carbocycles. The number of rotatable bonds is 2. The Bertz CT molecular complexity index is 386. The fraction of sp³-hybridized carbons (Fsp3) is 0.571. The molecule has 0 aromatic heterocycles. The first-order chi connectivity index (χ1) is 8.42. The van der Waals surface area contributed by atoms with Crippen LogP contribution >= 0.6 is 0 Å². The van der Waals surface area contributed by atoms with Crippen LogP contribution in [0.3, 0.4) is 0 Å². The van der Waals surface area contributed by atoms with Gasteiger partial charge in [-0.05, 0) is 49.9 Å². The number of benzene rings is 1. The van der Waals surface area contributed by atoms with Gasteiger partial charge >= 0.3 is 0 Å². The average molecular weight is 233 g/mol. The van der Waals surface area contributed by atoms with Crippen LogP contribution in [-0.4, -0.2) is 19.9 Å². The standard InChI is InChI=1S/C14H19NO2/c1-2-13-9-16-10-17-14(13)8-12(1)7-11-3-5-15-6-4-11/h1-2,8,11,15H,3-7,9-10H2. The molecule has 3 nitrogen and oxygen atoms in total. The summed E-state index contributed by atoms with van der Waals surface area (Å²) in [5.41, 5.74) is 2.57. The third kappa shape index (κ3) is 2.61. The van der Waals surface area contributed by atoms with Crippen molar-refractivity contribution in [2.45, 2.75) is 25.9 Å². The molecule has 0 radical (unpaired) electrons. The Balaban J connectivity index is 1.70. The lowest BCUT2D eigenvalue weighted by Crippen LogP contribution is -2.28. The van der Waals surface area contributed by atoms with Crippen molar-refractivity contribution in [1.29, 1.82) is 0 Å². The monoisotopic (exact) mass is 233 g/mol. The Morgan fingerprint density at radius 1 is 1.24 bits per heavy atom. The molecule has 0 unspecified atom stereocenters. The van der Waals surface area contributed by atoms with Crippen molar-refractivity contribution < 1.29 is 9.47 Å². The Morgan fingerprint density at radius 3 is 3.00 bits per heavy atom. The molecule has 1 aromatic rings. The predicted molar refractivity (Wildman–Crippen MR) is 66.0 cm³/mol. The number of hydrogen-bond acceptors (Lipinski definition) is 3. The maximum atomic E-state index is 5.52. The molecule has 3 rings (SSSR count). The molecule has 0 bridgehead atoms. The predicted octanol–water partition coefficient (Wildman–Crippen LogP) is 2.10. The first-order valence-electron chi connectivity index (χ1n) is 6.45. The second-order valence-corrected chi connectivity index (χ2v) is 4.95. The lowest BCUT2D eigenvalue weighted by Gasteiger charge is -2.23. The molecule has 92 valence electrons. The maximum Gasteiger partial charge on any atom is 0.189 e. The van der Waals surface area contributed by atoms with Crippen LogP contribution in [0, 0.1) is 5.92 Å². The van der Waals surface area contributed by atoms with Crippen molar-refractivity contribution in [3.63, 3.8) is 0 Å². The number of fused-ring (bicyclic) bond motifs is 1. The van der Waals surface area contributed by atoms with Crippen LogP contribution in [0.1, 0.15) is 24.0 Å². The molecule has 17 heavy (non-hydrogen) atoms. The second-order valence-electron chi connectivity index (χ2n) is 4.95. The third-order valence-electron chi connectivity index (χ3n) is 3.67. The minimum absolute atomic E-state index is 0.393. The maximum absolute atomic E-state index is 5.52. The average Bonchev–Trinajstić information content (AvgIpc) is 2.40. The highest BCUT2D eigenvalue weighted by Gasteiger charge is 2.15. The van der Waals surface area contributed by atoms with Gasteiger partial charge in [-0.2, -0.15) is 0 Å². The molecule has 2 heterocycles. The lowest BCUT2D eigenvalue weighted by atomic mass is 9.90. The zero-order valence-corrected chi connectivity index (χ0v) is 10.1. The summed E-state index contributed by atoms with van der Waals surface area (Å²) in [6, 6.07) is 6.56. The SMILES string of the molecule is c1cc2c(cc1CC1CCNCC1)OCOC2.